The van der Waals surface area contributed by atoms with Gasteiger partial charge < -0.3 is 15.4 Å². The van der Waals surface area contributed by atoms with Gasteiger partial charge in [-0.25, -0.2) is 0 Å². The van der Waals surface area contributed by atoms with E-state index in [1.165, 1.54) is 0 Å². The summed E-state index contributed by atoms with van der Waals surface area (Å²) in [5.41, 5.74) is 0. The van der Waals surface area contributed by atoms with Crippen LogP contribution in [0.3, 0.4) is 0 Å². The first-order valence-corrected chi connectivity index (χ1v) is 0.428. The minimum absolute atomic E-state index is 0. The Morgan fingerprint density at radius 3 is 1.60 bits per heavy atom. The zero-order valence-electron chi connectivity index (χ0n) is 2.51. The summed E-state index contributed by atoms with van der Waals surface area (Å²) < 4.78 is 0. The summed E-state index contributed by atoms with van der Waals surface area (Å²) in [4.78, 5) is 8.24. The zero-order valence-corrected chi connectivity index (χ0v) is 4.72. The first-order valence-electron chi connectivity index (χ1n) is 0.428. The molecule has 0 aromatic rings. The monoisotopic (exact) mass is 102 g/mol. The molecule has 26 valence electrons. The molecule has 0 aromatic carbocycles. The van der Waals surface area contributed by atoms with Crippen molar-refractivity contribution in [1.29, 1.82) is 0 Å². The Balaban J connectivity index is -0.0000000200. The molecule has 5 heavy (non-hydrogen) atoms. The molecule has 0 amide bonds. The van der Waals surface area contributed by atoms with Crippen LogP contribution in [0.4, 0.5) is 0 Å². The molecule has 0 radical (unpaired) electrons. The van der Waals surface area contributed by atoms with Crippen LogP contribution in [0.2, 0.25) is 0 Å². The van der Waals surface area contributed by atoms with Gasteiger partial charge in [0.2, 0.25) is 0 Å². The van der Waals surface area contributed by atoms with Gasteiger partial charge in [0.05, 0.1) is 0 Å². The van der Waals surface area contributed by atoms with Crippen LogP contribution in [0.25, 0.3) is 0 Å². The first kappa shape index (κ1) is 17.3. The molecule has 0 saturated carbocycles. The van der Waals surface area contributed by atoms with Crippen LogP contribution >= 0.6 is 0 Å². The van der Waals surface area contributed by atoms with Crippen molar-refractivity contribution in [3.63, 3.8) is 0 Å². The van der Waals surface area contributed by atoms with E-state index in [1.807, 2.05) is 0 Å². The molecule has 0 spiro atoms. The predicted molar refractivity (Wildman–Crippen MR) is 16.0 cm³/mol. The fourth-order valence-corrected chi connectivity index (χ4v) is 0. The fourth-order valence-electron chi connectivity index (χ4n) is 0. The van der Waals surface area contributed by atoms with Gasteiger partial charge in [0.25, 0.3) is 0 Å². The summed E-state index contributed by atoms with van der Waals surface area (Å²) in [6.07, 6.45) is 0. The Morgan fingerprint density at radius 1 is 1.60 bits per heavy atom. The number of hydrogen-bond donors (Lipinski definition) is 1. The van der Waals surface area contributed by atoms with E-state index in [-0.39, 0.29) is 43.2 Å². The molecule has 0 rings (SSSR count). The van der Waals surface area contributed by atoms with Gasteiger partial charge >= 0.3 is 37.7 Å². The van der Waals surface area contributed by atoms with Crippen molar-refractivity contribution in [2.45, 2.75) is 0 Å². The second kappa shape index (κ2) is 22.4. The average molecular weight is 102 g/mol. The van der Waals surface area contributed by atoms with Gasteiger partial charge in [-0.15, -0.1) is 0 Å². The summed E-state index contributed by atoms with van der Waals surface area (Å²) in [5.74, 6) is 0. The van der Waals surface area contributed by atoms with Crippen molar-refractivity contribution in [2.24, 2.45) is 0 Å². The van der Waals surface area contributed by atoms with Crippen molar-refractivity contribution in [3.8, 4) is 0 Å². The summed E-state index contributed by atoms with van der Waals surface area (Å²) in [7, 11) is 0. The Bertz CT molecular complexity index is 14.4. The van der Waals surface area contributed by atoms with Crippen LogP contribution in [0.5, 0.6) is 0 Å². The Morgan fingerprint density at radius 2 is 1.60 bits per heavy atom. The van der Waals surface area contributed by atoms with Crippen LogP contribution in [-0.4, -0.2) is 54.8 Å². The summed E-state index contributed by atoms with van der Waals surface area (Å²) in [6.45, 7) is 0.500. The molecular weight excluding hydrogens is 100 g/mol. The van der Waals surface area contributed by atoms with Crippen LogP contribution in [0.1, 0.15) is 0 Å². The topological polar surface area (TPSA) is 67.3 Å². The van der Waals surface area contributed by atoms with Crippen LogP contribution < -0.4 is 0 Å². The molecule has 0 saturated heterocycles. The minimum atomic E-state index is 0. The second-order valence-corrected chi connectivity index (χ2v) is 0.0913. The van der Waals surface area contributed by atoms with E-state index in [9.17, 15) is 0 Å². The molecule has 0 unspecified atom stereocenters. The molecule has 3 nitrogen and oxygen atoms in total. The maximum atomic E-state index is 8.24. The van der Waals surface area contributed by atoms with E-state index < -0.39 is 0 Å². The van der Waals surface area contributed by atoms with Gasteiger partial charge in [-0.3, -0.25) is 0 Å². The third-order valence-corrected chi connectivity index (χ3v) is 0. The molecule has 0 bridgehead atoms. The van der Waals surface area contributed by atoms with Crippen molar-refractivity contribution in [1.82, 2.24) is 0 Å². The maximum absolute atomic E-state index is 8.24. The van der Waals surface area contributed by atoms with Crippen LogP contribution in [0.15, 0.2) is 0 Å². The van der Waals surface area contributed by atoms with Gasteiger partial charge in [-0.2, -0.15) is 0 Å². The number of hydrogen-bond acceptors (Lipinski definition) is 2. The molecular formula is CH2CaO3. The van der Waals surface area contributed by atoms with E-state index in [2.05, 4.69) is 0 Å². The van der Waals surface area contributed by atoms with Crippen molar-refractivity contribution < 1.29 is 15.4 Å². The predicted octanol–water partition coefficient (Wildman–Crippen LogP) is -0.946. The number of rotatable bonds is 0. The third kappa shape index (κ3) is 71.3. The van der Waals surface area contributed by atoms with Crippen molar-refractivity contribution >= 4 is 44.2 Å². The van der Waals surface area contributed by atoms with Gasteiger partial charge in [-0.1, -0.05) is 6.47 Å². The van der Waals surface area contributed by atoms with Crippen molar-refractivity contribution in [2.75, 3.05) is 0 Å². The van der Waals surface area contributed by atoms with Crippen molar-refractivity contribution in [3.05, 3.63) is 0 Å². The zero-order chi connectivity index (χ0) is 2.71. The Labute approximate surface area is 59.3 Å². The Kier molecular flexibility index (Phi) is 77.4. The summed E-state index contributed by atoms with van der Waals surface area (Å²) in [5, 5.41) is 6.76. The third-order valence-electron chi connectivity index (χ3n) is 0. The second-order valence-electron chi connectivity index (χ2n) is 0.0913. The quantitative estimate of drug-likeness (QED) is 0.317. The standard InChI is InChI=1S/CHO2.Ca.H2O/c2-1-3;;/h(H,2,3);;1H2/q-1;+2;/p-1. The molecule has 0 aliphatic heterocycles. The van der Waals surface area contributed by atoms with E-state index in [1.54, 1.807) is 0 Å². The largest absolute Gasteiger partial charge is 2.00 e. The SMILES string of the molecule is O=[C-]O.[Ca+2].[OH-]. The fraction of sp³-hybridized carbons (Fsp3) is 0. The van der Waals surface area contributed by atoms with Gasteiger partial charge in [0.15, 0.2) is 0 Å². The Hall–Kier alpha value is 0.690. The van der Waals surface area contributed by atoms with E-state index in [0.29, 0.717) is 6.47 Å². The maximum Gasteiger partial charge on any atom is 2.00 e. The summed E-state index contributed by atoms with van der Waals surface area (Å²) in [6, 6.07) is 0. The molecule has 2 N–H and O–H groups in total. The summed E-state index contributed by atoms with van der Waals surface area (Å²) >= 11 is 0. The number of aliphatic hydroxyl groups excluding tert-OH is 1. The molecule has 0 aromatic heterocycles. The molecule has 0 atom stereocenters. The van der Waals surface area contributed by atoms with E-state index in [0.717, 1.165) is 0 Å². The smallest absolute Gasteiger partial charge is 0.870 e. The average Bonchev–Trinajstić information content (AvgIpc) is 0.918. The first-order chi connectivity index (χ1) is 1.41. The van der Waals surface area contributed by atoms with Gasteiger partial charge in [0.1, 0.15) is 0 Å². The van der Waals surface area contributed by atoms with E-state index in [4.69, 9.17) is 9.90 Å². The van der Waals surface area contributed by atoms with Gasteiger partial charge in [-0.05, 0) is 0 Å². The molecule has 0 heterocycles. The minimum Gasteiger partial charge on any atom is -0.870 e. The molecule has 0 aliphatic carbocycles. The van der Waals surface area contributed by atoms with Gasteiger partial charge in [0, 0.05) is 0 Å². The molecule has 4 heteroatoms. The molecule has 0 fully saturated rings. The van der Waals surface area contributed by atoms with Crippen LogP contribution in [-0.2, 0) is 4.79 Å². The van der Waals surface area contributed by atoms with E-state index >= 15 is 0 Å². The normalized spacial score (nSPS) is 2.40. The molecule has 0 aliphatic rings. The van der Waals surface area contributed by atoms with Crippen LogP contribution in [0, 0.1) is 0 Å².